The fourth-order valence-corrected chi connectivity index (χ4v) is 4.30. The number of hydrogen-bond acceptors (Lipinski definition) is 5. The van der Waals surface area contributed by atoms with Crippen LogP contribution in [0.1, 0.15) is 33.5 Å². The molecule has 2 aromatic heterocycles. The molecule has 7 heteroatoms. The van der Waals surface area contributed by atoms with Crippen molar-refractivity contribution in [1.29, 1.82) is 0 Å². The highest BCUT2D eigenvalue weighted by Gasteiger charge is 2.44. The van der Waals surface area contributed by atoms with Crippen molar-refractivity contribution in [2.75, 3.05) is 7.11 Å². The monoisotopic (exact) mass is 465 g/mol. The summed E-state index contributed by atoms with van der Waals surface area (Å²) in [6.45, 7) is 0.193. The Labute approximate surface area is 179 Å². The molecule has 1 unspecified atom stereocenters. The first kappa shape index (κ1) is 18.7. The summed E-state index contributed by atoms with van der Waals surface area (Å²) in [5.74, 6) is 0.883. The van der Waals surface area contributed by atoms with E-state index in [4.69, 9.17) is 13.6 Å². The summed E-state index contributed by atoms with van der Waals surface area (Å²) in [5.41, 5.74) is 1.15. The lowest BCUT2D eigenvalue weighted by atomic mass is 9.97. The van der Waals surface area contributed by atoms with Gasteiger partial charge >= 0.3 is 0 Å². The van der Waals surface area contributed by atoms with Gasteiger partial charge in [-0.25, -0.2) is 0 Å². The standard InChI is InChI=1S/C23H16BrNO5/c1-28-17-7-3-2-6-15(17)20-19-21(26)16-11-13(24)8-9-18(16)30-22(19)23(27)25(20)12-14-5-4-10-29-14/h2-11,20H,12H2,1H3. The molecule has 30 heavy (non-hydrogen) atoms. The Morgan fingerprint density at radius 2 is 1.93 bits per heavy atom. The number of rotatable bonds is 4. The number of amides is 1. The molecule has 1 aliphatic rings. The lowest BCUT2D eigenvalue weighted by Crippen LogP contribution is -2.29. The summed E-state index contributed by atoms with van der Waals surface area (Å²) in [5, 5.41) is 0.413. The molecule has 4 aromatic rings. The van der Waals surface area contributed by atoms with Gasteiger partial charge in [-0.3, -0.25) is 9.59 Å². The molecule has 0 aliphatic carbocycles. The van der Waals surface area contributed by atoms with Gasteiger partial charge in [-0.15, -0.1) is 0 Å². The van der Waals surface area contributed by atoms with E-state index < -0.39 is 6.04 Å². The highest BCUT2D eigenvalue weighted by molar-refractivity contribution is 9.10. The third-order valence-electron chi connectivity index (χ3n) is 5.27. The maximum Gasteiger partial charge on any atom is 0.291 e. The number of hydrogen-bond donors (Lipinski definition) is 0. The number of benzene rings is 2. The number of nitrogens with zero attached hydrogens (tertiary/aromatic N) is 1. The Kier molecular flexibility index (Phi) is 4.47. The number of carbonyl (C=O) groups is 1. The molecule has 0 radical (unpaired) electrons. The molecule has 5 rings (SSSR count). The first-order valence-corrected chi connectivity index (χ1v) is 10.1. The highest BCUT2D eigenvalue weighted by Crippen LogP contribution is 2.42. The van der Waals surface area contributed by atoms with Crippen LogP contribution in [0.5, 0.6) is 5.75 Å². The van der Waals surface area contributed by atoms with Crippen LogP contribution >= 0.6 is 15.9 Å². The van der Waals surface area contributed by atoms with Gasteiger partial charge < -0.3 is 18.5 Å². The van der Waals surface area contributed by atoms with Gasteiger partial charge in [0, 0.05) is 10.0 Å². The van der Waals surface area contributed by atoms with Gasteiger partial charge in [0.1, 0.15) is 17.1 Å². The smallest absolute Gasteiger partial charge is 0.291 e. The average Bonchev–Trinajstić information content (AvgIpc) is 3.36. The zero-order valence-corrected chi connectivity index (χ0v) is 17.5. The van der Waals surface area contributed by atoms with Crippen LogP contribution in [0.2, 0.25) is 0 Å². The van der Waals surface area contributed by atoms with Gasteiger partial charge in [0.2, 0.25) is 5.76 Å². The van der Waals surface area contributed by atoms with Crippen molar-refractivity contribution in [2.45, 2.75) is 12.6 Å². The molecule has 1 atom stereocenters. The van der Waals surface area contributed by atoms with Crippen LogP contribution in [0.25, 0.3) is 11.0 Å². The minimum absolute atomic E-state index is 0.0530. The molecule has 1 aliphatic heterocycles. The molecule has 0 N–H and O–H groups in total. The fraction of sp³-hybridized carbons (Fsp3) is 0.130. The van der Waals surface area contributed by atoms with Crippen molar-refractivity contribution in [2.24, 2.45) is 0 Å². The van der Waals surface area contributed by atoms with E-state index in [0.29, 0.717) is 33.6 Å². The van der Waals surface area contributed by atoms with Gasteiger partial charge in [-0.1, -0.05) is 34.1 Å². The Balaban J connectivity index is 1.78. The number of para-hydroxylation sites is 1. The van der Waals surface area contributed by atoms with Crippen molar-refractivity contribution in [1.82, 2.24) is 4.90 Å². The average molecular weight is 466 g/mol. The van der Waals surface area contributed by atoms with E-state index in [9.17, 15) is 9.59 Å². The van der Waals surface area contributed by atoms with E-state index in [0.717, 1.165) is 4.47 Å². The van der Waals surface area contributed by atoms with E-state index in [1.165, 1.54) is 0 Å². The molecule has 0 spiro atoms. The summed E-state index contributed by atoms with van der Waals surface area (Å²) < 4.78 is 17.7. The van der Waals surface area contributed by atoms with Crippen LogP contribution in [-0.4, -0.2) is 17.9 Å². The molecule has 150 valence electrons. The molecule has 2 aromatic carbocycles. The van der Waals surface area contributed by atoms with Crippen LogP contribution < -0.4 is 10.2 Å². The van der Waals surface area contributed by atoms with Crippen LogP contribution in [0.3, 0.4) is 0 Å². The summed E-state index contributed by atoms with van der Waals surface area (Å²) in [6, 6.07) is 15.4. The predicted octanol–water partition coefficient (Wildman–Crippen LogP) is 4.90. The molecule has 0 saturated heterocycles. The summed E-state index contributed by atoms with van der Waals surface area (Å²) in [4.78, 5) is 28.5. The second-order valence-corrected chi connectivity index (χ2v) is 7.89. The normalized spacial score (nSPS) is 15.6. The van der Waals surface area contributed by atoms with Gasteiger partial charge in [0.05, 0.1) is 36.9 Å². The fourth-order valence-electron chi connectivity index (χ4n) is 3.94. The van der Waals surface area contributed by atoms with E-state index in [-0.39, 0.29) is 23.6 Å². The number of furan rings is 1. The summed E-state index contributed by atoms with van der Waals surface area (Å²) >= 11 is 3.40. The molecular weight excluding hydrogens is 450 g/mol. The Bertz CT molecular complexity index is 1330. The zero-order valence-electron chi connectivity index (χ0n) is 15.9. The molecule has 0 bridgehead atoms. The minimum Gasteiger partial charge on any atom is -0.496 e. The van der Waals surface area contributed by atoms with Crippen molar-refractivity contribution in [3.05, 3.63) is 98.2 Å². The van der Waals surface area contributed by atoms with Crippen molar-refractivity contribution >= 4 is 32.8 Å². The molecular formula is C23H16BrNO5. The third kappa shape index (κ3) is 2.85. The summed E-state index contributed by atoms with van der Waals surface area (Å²) in [7, 11) is 1.56. The lowest BCUT2D eigenvalue weighted by molar-refractivity contribution is 0.0700. The van der Waals surface area contributed by atoms with Crippen molar-refractivity contribution < 1.29 is 18.4 Å². The number of halogens is 1. The lowest BCUT2D eigenvalue weighted by Gasteiger charge is -2.25. The number of ether oxygens (including phenoxy) is 1. The van der Waals surface area contributed by atoms with E-state index in [2.05, 4.69) is 15.9 Å². The third-order valence-corrected chi connectivity index (χ3v) is 5.76. The van der Waals surface area contributed by atoms with Crippen LogP contribution in [0.4, 0.5) is 0 Å². The van der Waals surface area contributed by atoms with E-state index >= 15 is 0 Å². The van der Waals surface area contributed by atoms with Gasteiger partial charge in [0.25, 0.3) is 5.91 Å². The maximum absolute atomic E-state index is 13.5. The number of methoxy groups -OCH3 is 1. The van der Waals surface area contributed by atoms with E-state index in [1.807, 2.05) is 24.3 Å². The molecule has 1 amide bonds. The van der Waals surface area contributed by atoms with Gasteiger partial charge in [-0.2, -0.15) is 0 Å². The molecule has 0 saturated carbocycles. The highest BCUT2D eigenvalue weighted by atomic mass is 79.9. The summed E-state index contributed by atoms with van der Waals surface area (Å²) in [6.07, 6.45) is 1.55. The maximum atomic E-state index is 13.5. The van der Waals surface area contributed by atoms with Crippen molar-refractivity contribution in [3.8, 4) is 5.75 Å². The largest absolute Gasteiger partial charge is 0.496 e. The van der Waals surface area contributed by atoms with Gasteiger partial charge in [0.15, 0.2) is 5.43 Å². The van der Waals surface area contributed by atoms with Crippen LogP contribution in [0, 0.1) is 0 Å². The Morgan fingerprint density at radius 3 is 2.70 bits per heavy atom. The topological polar surface area (TPSA) is 72.9 Å². The van der Waals surface area contributed by atoms with Crippen molar-refractivity contribution in [3.63, 3.8) is 0 Å². The zero-order chi connectivity index (χ0) is 20.8. The predicted molar refractivity (Wildman–Crippen MR) is 114 cm³/mol. The molecule has 6 nitrogen and oxygen atoms in total. The van der Waals surface area contributed by atoms with Gasteiger partial charge in [-0.05, 0) is 36.4 Å². The first-order valence-electron chi connectivity index (χ1n) is 9.31. The minimum atomic E-state index is -0.659. The first-order chi connectivity index (χ1) is 14.6. The second kappa shape index (κ2) is 7.18. The van der Waals surface area contributed by atoms with E-state index in [1.54, 1.807) is 48.6 Å². The quantitative estimate of drug-likeness (QED) is 0.428. The second-order valence-electron chi connectivity index (χ2n) is 6.97. The SMILES string of the molecule is COc1ccccc1C1c2c(oc3ccc(Br)cc3c2=O)C(=O)N1Cc1ccco1. The van der Waals surface area contributed by atoms with Crippen LogP contribution in [-0.2, 0) is 6.54 Å². The molecule has 3 heterocycles. The number of fused-ring (bicyclic) bond motifs is 2. The Morgan fingerprint density at radius 1 is 1.10 bits per heavy atom. The van der Waals surface area contributed by atoms with Crippen LogP contribution in [0.15, 0.2) is 79.0 Å². The Hall–Kier alpha value is -3.32. The molecule has 0 fully saturated rings. The number of carbonyl (C=O) groups excluding carboxylic acids is 1.